The molecule has 2 heterocycles. The molecule has 0 unspecified atom stereocenters. The van der Waals surface area contributed by atoms with Gasteiger partial charge in [0, 0.05) is 5.38 Å². The molecular formula is C16H17N3OS2. The van der Waals surface area contributed by atoms with Gasteiger partial charge in [-0.05, 0) is 32.9 Å². The number of ether oxygens (including phenoxy) is 1. The minimum atomic E-state index is 0.640. The van der Waals surface area contributed by atoms with Gasteiger partial charge in [-0.25, -0.2) is 9.97 Å². The summed E-state index contributed by atoms with van der Waals surface area (Å²) in [7, 11) is 0. The zero-order chi connectivity index (χ0) is 15.5. The number of thiazole rings is 2. The van der Waals surface area contributed by atoms with Crippen LogP contribution in [0, 0.1) is 13.8 Å². The summed E-state index contributed by atoms with van der Waals surface area (Å²) in [4.78, 5) is 10.3. The van der Waals surface area contributed by atoms with Crippen LogP contribution in [0.5, 0.6) is 5.75 Å². The van der Waals surface area contributed by atoms with E-state index in [0.29, 0.717) is 6.61 Å². The maximum atomic E-state index is 5.63. The first kappa shape index (κ1) is 15.0. The molecule has 4 nitrogen and oxygen atoms in total. The second kappa shape index (κ2) is 6.46. The maximum absolute atomic E-state index is 5.63. The molecule has 3 aromatic rings. The first-order valence-corrected chi connectivity index (χ1v) is 8.75. The summed E-state index contributed by atoms with van der Waals surface area (Å²) < 4.78 is 5.63. The highest BCUT2D eigenvalue weighted by atomic mass is 32.1. The molecule has 114 valence electrons. The van der Waals surface area contributed by atoms with Crippen LogP contribution >= 0.6 is 22.7 Å². The summed E-state index contributed by atoms with van der Waals surface area (Å²) >= 11 is 3.26. The summed E-state index contributed by atoms with van der Waals surface area (Å²) in [5.41, 5.74) is 2.95. The molecule has 0 fully saturated rings. The molecule has 0 saturated carbocycles. The van der Waals surface area contributed by atoms with Crippen molar-refractivity contribution in [2.45, 2.75) is 20.8 Å². The van der Waals surface area contributed by atoms with Crippen LogP contribution in [0.1, 0.15) is 17.6 Å². The third kappa shape index (κ3) is 3.13. The van der Waals surface area contributed by atoms with E-state index in [0.717, 1.165) is 37.8 Å². The van der Waals surface area contributed by atoms with Gasteiger partial charge in [0.2, 0.25) is 0 Å². The van der Waals surface area contributed by atoms with E-state index >= 15 is 0 Å². The van der Waals surface area contributed by atoms with Crippen LogP contribution in [-0.2, 0) is 0 Å². The van der Waals surface area contributed by atoms with Crippen LogP contribution in [0.15, 0.2) is 29.6 Å². The van der Waals surface area contributed by atoms with Gasteiger partial charge in [-0.3, -0.25) is 0 Å². The van der Waals surface area contributed by atoms with Gasteiger partial charge in [0.1, 0.15) is 5.75 Å². The van der Waals surface area contributed by atoms with Crippen LogP contribution < -0.4 is 10.1 Å². The largest absolute Gasteiger partial charge is 0.492 e. The second-order valence-corrected chi connectivity index (χ2v) is 6.80. The number of aryl methyl sites for hydroxylation is 2. The van der Waals surface area contributed by atoms with Crippen molar-refractivity contribution in [3.8, 4) is 16.3 Å². The van der Waals surface area contributed by atoms with E-state index in [1.165, 1.54) is 0 Å². The molecule has 1 N–H and O–H groups in total. The number of benzene rings is 1. The van der Waals surface area contributed by atoms with E-state index < -0.39 is 0 Å². The molecule has 2 aromatic heterocycles. The summed E-state index contributed by atoms with van der Waals surface area (Å²) in [6, 6.07) is 7.90. The lowest BCUT2D eigenvalue weighted by Gasteiger charge is -2.09. The number of nitrogens with one attached hydrogen (secondary N) is 1. The van der Waals surface area contributed by atoms with E-state index in [2.05, 4.69) is 20.7 Å². The van der Waals surface area contributed by atoms with Crippen LogP contribution in [-0.4, -0.2) is 16.6 Å². The van der Waals surface area contributed by atoms with Crippen molar-refractivity contribution in [2.75, 3.05) is 11.9 Å². The van der Waals surface area contributed by atoms with E-state index in [1.807, 2.05) is 45.0 Å². The fourth-order valence-corrected chi connectivity index (χ4v) is 3.84. The van der Waals surface area contributed by atoms with E-state index in [1.54, 1.807) is 22.7 Å². The van der Waals surface area contributed by atoms with Crippen molar-refractivity contribution >= 4 is 33.5 Å². The quantitative estimate of drug-likeness (QED) is 0.712. The first-order chi connectivity index (χ1) is 10.7. The molecule has 0 atom stereocenters. The SMILES string of the molecule is CCOc1ccccc1Nc1nc(-c2sc(C)nc2C)cs1. The summed E-state index contributed by atoms with van der Waals surface area (Å²) in [6.07, 6.45) is 0. The zero-order valence-electron chi connectivity index (χ0n) is 12.7. The van der Waals surface area contributed by atoms with Crippen LogP contribution in [0.3, 0.4) is 0 Å². The van der Waals surface area contributed by atoms with E-state index in [4.69, 9.17) is 4.74 Å². The monoisotopic (exact) mass is 331 g/mol. The van der Waals surface area contributed by atoms with Crippen LogP contribution in [0.2, 0.25) is 0 Å². The Labute approximate surface area is 137 Å². The van der Waals surface area contributed by atoms with Crippen molar-refractivity contribution in [3.05, 3.63) is 40.3 Å². The highest BCUT2D eigenvalue weighted by Gasteiger charge is 2.12. The van der Waals surface area contributed by atoms with Crippen molar-refractivity contribution in [2.24, 2.45) is 0 Å². The first-order valence-electron chi connectivity index (χ1n) is 7.06. The van der Waals surface area contributed by atoms with Gasteiger partial charge in [0.25, 0.3) is 0 Å². The third-order valence-electron chi connectivity index (χ3n) is 3.07. The fourth-order valence-electron chi connectivity index (χ4n) is 2.17. The maximum Gasteiger partial charge on any atom is 0.187 e. The van der Waals surface area contributed by atoms with Crippen LogP contribution in [0.4, 0.5) is 10.8 Å². The highest BCUT2D eigenvalue weighted by molar-refractivity contribution is 7.16. The average Bonchev–Trinajstić information content (AvgIpc) is 3.07. The van der Waals surface area contributed by atoms with Gasteiger partial charge >= 0.3 is 0 Å². The molecule has 0 bridgehead atoms. The lowest BCUT2D eigenvalue weighted by molar-refractivity contribution is 0.342. The molecule has 3 rings (SSSR count). The lowest BCUT2D eigenvalue weighted by Crippen LogP contribution is -1.97. The Balaban J connectivity index is 1.85. The topological polar surface area (TPSA) is 47.0 Å². The number of rotatable bonds is 5. The Morgan fingerprint density at radius 3 is 2.73 bits per heavy atom. The van der Waals surface area contributed by atoms with Gasteiger partial charge in [0.15, 0.2) is 5.13 Å². The van der Waals surface area contributed by atoms with Crippen LogP contribution in [0.25, 0.3) is 10.6 Å². The van der Waals surface area contributed by atoms with Crippen molar-refractivity contribution in [1.82, 2.24) is 9.97 Å². The average molecular weight is 331 g/mol. The van der Waals surface area contributed by atoms with Gasteiger partial charge in [-0.2, -0.15) is 0 Å². The molecule has 6 heteroatoms. The molecule has 0 aliphatic carbocycles. The minimum absolute atomic E-state index is 0.640. The van der Waals surface area contributed by atoms with Gasteiger partial charge in [-0.15, -0.1) is 22.7 Å². The second-order valence-electron chi connectivity index (χ2n) is 4.74. The van der Waals surface area contributed by atoms with Gasteiger partial charge in [-0.1, -0.05) is 12.1 Å². The molecule has 0 aliphatic heterocycles. The lowest BCUT2D eigenvalue weighted by atomic mass is 10.3. The molecular weight excluding hydrogens is 314 g/mol. The third-order valence-corrected chi connectivity index (χ3v) is 4.92. The fraction of sp³-hybridized carbons (Fsp3) is 0.250. The predicted molar refractivity (Wildman–Crippen MR) is 93.6 cm³/mol. The molecule has 1 aromatic carbocycles. The Bertz CT molecular complexity index is 779. The van der Waals surface area contributed by atoms with Crippen molar-refractivity contribution < 1.29 is 4.74 Å². The van der Waals surface area contributed by atoms with Crippen molar-refractivity contribution in [1.29, 1.82) is 0 Å². The summed E-state index contributed by atoms with van der Waals surface area (Å²) in [5.74, 6) is 0.839. The molecule has 0 spiro atoms. The Morgan fingerprint density at radius 1 is 1.18 bits per heavy atom. The smallest absolute Gasteiger partial charge is 0.187 e. The number of nitrogens with zero attached hydrogens (tertiary/aromatic N) is 2. The number of aromatic nitrogens is 2. The molecule has 0 saturated heterocycles. The highest BCUT2D eigenvalue weighted by Crippen LogP contribution is 2.34. The summed E-state index contributed by atoms with van der Waals surface area (Å²) in [5, 5.41) is 7.32. The number of anilines is 2. The standard InChI is InChI=1S/C16H17N3OS2/c1-4-20-14-8-6-5-7-12(14)18-16-19-13(9-21-16)15-10(2)17-11(3)22-15/h5-9H,4H2,1-3H3,(H,18,19). The number of para-hydroxylation sites is 2. The number of hydrogen-bond donors (Lipinski definition) is 1. The van der Waals surface area contributed by atoms with Gasteiger partial charge in [0.05, 0.1) is 33.6 Å². The van der Waals surface area contributed by atoms with Crippen molar-refractivity contribution in [3.63, 3.8) is 0 Å². The van der Waals surface area contributed by atoms with Gasteiger partial charge < -0.3 is 10.1 Å². The molecule has 0 aliphatic rings. The summed E-state index contributed by atoms with van der Waals surface area (Å²) in [6.45, 7) is 6.66. The zero-order valence-corrected chi connectivity index (χ0v) is 14.3. The Hall–Kier alpha value is -1.92. The predicted octanol–water partition coefficient (Wildman–Crippen LogP) is 5.03. The molecule has 22 heavy (non-hydrogen) atoms. The number of hydrogen-bond acceptors (Lipinski definition) is 6. The Morgan fingerprint density at radius 2 is 2.00 bits per heavy atom. The molecule has 0 radical (unpaired) electrons. The molecule has 0 amide bonds. The Kier molecular flexibility index (Phi) is 4.40. The van der Waals surface area contributed by atoms with E-state index in [-0.39, 0.29) is 0 Å². The minimum Gasteiger partial charge on any atom is -0.492 e. The van der Waals surface area contributed by atoms with E-state index in [9.17, 15) is 0 Å². The normalized spacial score (nSPS) is 10.7.